The van der Waals surface area contributed by atoms with Gasteiger partial charge < -0.3 is 5.32 Å². The van der Waals surface area contributed by atoms with E-state index >= 15 is 0 Å². The average molecular weight is 196 g/mol. The molecule has 0 aliphatic carbocycles. The van der Waals surface area contributed by atoms with Crippen molar-refractivity contribution < 1.29 is 10.0 Å². The van der Waals surface area contributed by atoms with Crippen LogP contribution in [0.1, 0.15) is 13.3 Å². The molecule has 0 aromatic heterocycles. The van der Waals surface area contributed by atoms with E-state index in [0.717, 1.165) is 12.1 Å². The number of hydroxylamine groups is 1. The summed E-state index contributed by atoms with van der Waals surface area (Å²) in [6.07, 6.45) is 8.03. The predicted octanol–water partition coefficient (Wildman–Crippen LogP) is 1.12. The molecule has 0 heterocycles. The molecule has 0 atom stereocenters. The molecule has 0 aromatic rings. The number of amides is 1. The Hall–Kier alpha value is -1.55. The van der Waals surface area contributed by atoms with Crippen molar-refractivity contribution >= 4 is 5.91 Å². The quantitative estimate of drug-likeness (QED) is 0.339. The number of hydrogen-bond donors (Lipinski definition) is 3. The highest BCUT2D eigenvalue weighted by atomic mass is 16.5. The predicted molar refractivity (Wildman–Crippen MR) is 55.6 cm³/mol. The van der Waals surface area contributed by atoms with Gasteiger partial charge in [0.15, 0.2) is 0 Å². The minimum Gasteiger partial charge on any atom is -0.376 e. The number of rotatable bonds is 6. The lowest BCUT2D eigenvalue weighted by Crippen LogP contribution is -2.30. The van der Waals surface area contributed by atoms with Crippen LogP contribution < -0.4 is 10.8 Å². The highest BCUT2D eigenvalue weighted by Crippen LogP contribution is 1.94. The smallest absolute Gasteiger partial charge is 0.262 e. The Bertz CT molecular complexity index is 245. The Morgan fingerprint density at radius 1 is 1.57 bits per heavy atom. The van der Waals surface area contributed by atoms with Crippen LogP contribution in [-0.2, 0) is 4.79 Å². The topological polar surface area (TPSA) is 61.4 Å². The van der Waals surface area contributed by atoms with Crippen molar-refractivity contribution in [2.75, 3.05) is 6.54 Å². The van der Waals surface area contributed by atoms with Crippen LogP contribution in [0.25, 0.3) is 0 Å². The highest BCUT2D eigenvalue weighted by molar-refractivity contribution is 5.77. The Morgan fingerprint density at radius 2 is 2.29 bits per heavy atom. The molecule has 0 aliphatic heterocycles. The molecular weight excluding hydrogens is 180 g/mol. The molecule has 0 saturated heterocycles. The first-order chi connectivity index (χ1) is 6.74. The summed E-state index contributed by atoms with van der Waals surface area (Å²) in [6.45, 7) is 5.58. The molecule has 0 radical (unpaired) electrons. The van der Waals surface area contributed by atoms with Crippen LogP contribution in [0.3, 0.4) is 0 Å². The zero-order valence-corrected chi connectivity index (χ0v) is 8.29. The zero-order chi connectivity index (χ0) is 10.8. The van der Waals surface area contributed by atoms with Crippen LogP contribution in [0.2, 0.25) is 0 Å². The number of hydrogen-bond acceptors (Lipinski definition) is 3. The lowest BCUT2D eigenvalue weighted by molar-refractivity contribution is -0.128. The number of allylic oxidation sites excluding steroid dienone is 4. The van der Waals surface area contributed by atoms with E-state index in [2.05, 4.69) is 11.9 Å². The first kappa shape index (κ1) is 12.4. The zero-order valence-electron chi connectivity index (χ0n) is 8.29. The van der Waals surface area contributed by atoms with E-state index in [4.69, 9.17) is 5.21 Å². The van der Waals surface area contributed by atoms with Crippen molar-refractivity contribution in [1.82, 2.24) is 10.8 Å². The summed E-state index contributed by atoms with van der Waals surface area (Å²) >= 11 is 0. The third-order valence-electron chi connectivity index (χ3n) is 1.41. The standard InChI is InChI=1S/C10H16N2O2/c1-3-5-7-9(6-4-2)11-8-10(13)12-14/h3,5-7,11,14H,1,4,8H2,2H3,(H,12,13)/b7-5-,9-6+. The first-order valence-electron chi connectivity index (χ1n) is 4.40. The van der Waals surface area contributed by atoms with E-state index in [0.29, 0.717) is 0 Å². The molecule has 0 fully saturated rings. The second kappa shape index (κ2) is 8.07. The van der Waals surface area contributed by atoms with E-state index in [-0.39, 0.29) is 6.54 Å². The van der Waals surface area contributed by atoms with Gasteiger partial charge in [-0.15, -0.1) is 0 Å². The highest BCUT2D eigenvalue weighted by Gasteiger charge is 1.97. The summed E-state index contributed by atoms with van der Waals surface area (Å²) in [5.74, 6) is -0.473. The van der Waals surface area contributed by atoms with Gasteiger partial charge in [-0.25, -0.2) is 5.48 Å². The molecule has 3 N–H and O–H groups in total. The van der Waals surface area contributed by atoms with Crippen molar-refractivity contribution in [2.45, 2.75) is 13.3 Å². The van der Waals surface area contributed by atoms with Gasteiger partial charge in [-0.2, -0.15) is 0 Å². The molecule has 0 saturated carbocycles. The minimum absolute atomic E-state index is 0.0455. The van der Waals surface area contributed by atoms with Gasteiger partial charge in [0, 0.05) is 5.70 Å². The van der Waals surface area contributed by atoms with E-state index in [1.54, 1.807) is 23.7 Å². The summed E-state index contributed by atoms with van der Waals surface area (Å²) in [5.41, 5.74) is 2.38. The molecular formula is C10H16N2O2. The number of carbonyl (C=O) groups is 1. The largest absolute Gasteiger partial charge is 0.376 e. The van der Waals surface area contributed by atoms with Gasteiger partial charge in [0.1, 0.15) is 0 Å². The number of carbonyl (C=O) groups excluding carboxylic acids is 1. The molecule has 1 amide bonds. The second-order valence-corrected chi connectivity index (χ2v) is 2.55. The molecule has 14 heavy (non-hydrogen) atoms. The van der Waals surface area contributed by atoms with Crippen LogP contribution in [0, 0.1) is 0 Å². The van der Waals surface area contributed by atoms with Gasteiger partial charge >= 0.3 is 0 Å². The summed E-state index contributed by atoms with van der Waals surface area (Å²) in [5, 5.41) is 11.1. The molecule has 4 heteroatoms. The third-order valence-corrected chi connectivity index (χ3v) is 1.41. The lowest BCUT2D eigenvalue weighted by Gasteiger charge is -2.05. The van der Waals surface area contributed by atoms with Crippen LogP contribution in [0.5, 0.6) is 0 Å². The third kappa shape index (κ3) is 6.02. The molecule has 78 valence electrons. The summed E-state index contributed by atoms with van der Waals surface area (Å²) in [6, 6.07) is 0. The maximum atomic E-state index is 10.7. The molecule has 0 spiro atoms. The Morgan fingerprint density at radius 3 is 2.79 bits per heavy atom. The van der Waals surface area contributed by atoms with E-state index in [9.17, 15) is 4.79 Å². The first-order valence-corrected chi connectivity index (χ1v) is 4.40. The van der Waals surface area contributed by atoms with Crippen LogP contribution in [0.15, 0.2) is 36.6 Å². The van der Waals surface area contributed by atoms with Crippen molar-refractivity contribution in [2.24, 2.45) is 0 Å². The van der Waals surface area contributed by atoms with Crippen molar-refractivity contribution in [3.05, 3.63) is 36.6 Å². The summed E-state index contributed by atoms with van der Waals surface area (Å²) in [7, 11) is 0. The van der Waals surface area contributed by atoms with Gasteiger partial charge in [-0.05, 0) is 12.5 Å². The fourth-order valence-electron chi connectivity index (χ4n) is 0.813. The molecule has 0 aromatic carbocycles. The molecule has 0 unspecified atom stereocenters. The van der Waals surface area contributed by atoms with Gasteiger partial charge in [0.05, 0.1) is 6.54 Å². The fraction of sp³-hybridized carbons (Fsp3) is 0.300. The van der Waals surface area contributed by atoms with Crippen LogP contribution in [-0.4, -0.2) is 17.7 Å². The van der Waals surface area contributed by atoms with Crippen molar-refractivity contribution in [1.29, 1.82) is 0 Å². The van der Waals surface area contributed by atoms with Gasteiger partial charge in [0.25, 0.3) is 5.91 Å². The number of nitrogens with one attached hydrogen (secondary N) is 2. The average Bonchev–Trinajstić information content (AvgIpc) is 2.21. The lowest BCUT2D eigenvalue weighted by atomic mass is 10.3. The van der Waals surface area contributed by atoms with Gasteiger partial charge in [0.2, 0.25) is 0 Å². The maximum Gasteiger partial charge on any atom is 0.262 e. The summed E-state index contributed by atoms with van der Waals surface area (Å²) in [4.78, 5) is 10.7. The second-order valence-electron chi connectivity index (χ2n) is 2.55. The van der Waals surface area contributed by atoms with E-state index in [1.807, 2.05) is 13.0 Å². The van der Waals surface area contributed by atoms with E-state index < -0.39 is 5.91 Å². The summed E-state index contributed by atoms with van der Waals surface area (Å²) < 4.78 is 0. The Labute approximate surface area is 84.0 Å². The van der Waals surface area contributed by atoms with Crippen molar-refractivity contribution in [3.8, 4) is 0 Å². The molecule has 4 nitrogen and oxygen atoms in total. The molecule has 0 aliphatic rings. The maximum absolute atomic E-state index is 10.7. The Balaban J connectivity index is 4.10. The van der Waals surface area contributed by atoms with E-state index in [1.165, 1.54) is 0 Å². The fourth-order valence-corrected chi connectivity index (χ4v) is 0.813. The molecule has 0 rings (SSSR count). The van der Waals surface area contributed by atoms with Crippen LogP contribution >= 0.6 is 0 Å². The monoisotopic (exact) mass is 196 g/mol. The Kier molecular flexibility index (Phi) is 7.17. The normalized spacial score (nSPS) is 11.4. The van der Waals surface area contributed by atoms with Gasteiger partial charge in [-0.1, -0.05) is 31.7 Å². The van der Waals surface area contributed by atoms with Crippen LogP contribution in [0.4, 0.5) is 0 Å². The molecule has 0 bridgehead atoms. The van der Waals surface area contributed by atoms with Gasteiger partial charge in [-0.3, -0.25) is 10.0 Å². The SMILES string of the molecule is C=C/C=C\C(=C/CC)NCC(=O)NO. The van der Waals surface area contributed by atoms with Crippen molar-refractivity contribution in [3.63, 3.8) is 0 Å². The minimum atomic E-state index is -0.473.